The Balaban J connectivity index is 1.63. The summed E-state index contributed by atoms with van der Waals surface area (Å²) in [6.07, 6.45) is 1.16. The van der Waals surface area contributed by atoms with E-state index >= 15 is 0 Å². The van der Waals surface area contributed by atoms with Crippen LogP contribution in [0.4, 0.5) is 5.82 Å². The smallest absolute Gasteiger partial charge is 0.225 e. The van der Waals surface area contributed by atoms with Gasteiger partial charge in [-0.2, -0.15) is 5.10 Å². The average molecular weight is 461 g/mol. The van der Waals surface area contributed by atoms with Gasteiger partial charge < -0.3 is 15.0 Å². The van der Waals surface area contributed by atoms with Gasteiger partial charge in [0.05, 0.1) is 23.6 Å². The highest BCUT2D eigenvalue weighted by Crippen LogP contribution is 2.27. The maximum atomic E-state index is 12.7. The number of nitrogens with one attached hydrogen (secondary N) is 1. The predicted molar refractivity (Wildman–Crippen MR) is 126 cm³/mol. The van der Waals surface area contributed by atoms with Crippen LogP contribution in [-0.4, -0.2) is 51.8 Å². The van der Waals surface area contributed by atoms with E-state index in [2.05, 4.69) is 26.1 Å². The minimum absolute atomic E-state index is 0.0368. The fourth-order valence-electron chi connectivity index (χ4n) is 3.79. The van der Waals surface area contributed by atoms with E-state index in [0.29, 0.717) is 36.8 Å². The molecule has 174 valence electrons. The van der Waals surface area contributed by atoms with Crippen molar-refractivity contribution in [2.24, 2.45) is 0 Å². The van der Waals surface area contributed by atoms with Gasteiger partial charge in [0.1, 0.15) is 5.82 Å². The summed E-state index contributed by atoms with van der Waals surface area (Å²) in [7, 11) is 0. The highest BCUT2D eigenvalue weighted by Gasteiger charge is 2.26. The Kier molecular flexibility index (Phi) is 7.62. The monoisotopic (exact) mass is 460 g/mol. The average Bonchev–Trinajstić information content (AvgIpc) is 3.11. The van der Waals surface area contributed by atoms with Gasteiger partial charge in [-0.15, -0.1) is 0 Å². The minimum atomic E-state index is -0.178. The van der Waals surface area contributed by atoms with Crippen molar-refractivity contribution >= 4 is 29.2 Å². The van der Waals surface area contributed by atoms with Gasteiger partial charge >= 0.3 is 0 Å². The number of rotatable bonds is 6. The summed E-state index contributed by atoms with van der Waals surface area (Å²) in [5.74, 6) is 0.508. The molecule has 0 bridgehead atoms. The summed E-state index contributed by atoms with van der Waals surface area (Å²) in [4.78, 5) is 27.0. The van der Waals surface area contributed by atoms with E-state index in [1.807, 2.05) is 36.9 Å². The number of aromatic nitrogens is 2. The van der Waals surface area contributed by atoms with Gasteiger partial charge in [0.2, 0.25) is 11.8 Å². The molecule has 0 radical (unpaired) electrons. The third-order valence-corrected chi connectivity index (χ3v) is 5.60. The third kappa shape index (κ3) is 6.33. The van der Waals surface area contributed by atoms with E-state index in [4.69, 9.17) is 21.4 Å². The number of carbonyl (C=O) groups is 2. The van der Waals surface area contributed by atoms with E-state index in [9.17, 15) is 9.59 Å². The highest BCUT2D eigenvalue weighted by atomic mass is 35.5. The summed E-state index contributed by atoms with van der Waals surface area (Å²) in [5, 5.41) is 8.26. The first kappa shape index (κ1) is 24.3. The largest absolute Gasteiger partial charge is 0.372 e. The number of benzene rings is 1. The number of amides is 2. The van der Waals surface area contributed by atoms with Gasteiger partial charge in [0, 0.05) is 42.4 Å². The number of carbonyl (C=O) groups excluding carboxylic acids is 2. The summed E-state index contributed by atoms with van der Waals surface area (Å²) >= 11 is 6.16. The van der Waals surface area contributed by atoms with E-state index in [1.54, 1.807) is 16.8 Å². The summed E-state index contributed by atoms with van der Waals surface area (Å²) in [5.41, 5.74) is 1.45. The number of nitrogens with zero attached hydrogens (tertiary/aromatic N) is 3. The van der Waals surface area contributed by atoms with Crippen LogP contribution in [0.3, 0.4) is 0 Å². The van der Waals surface area contributed by atoms with Gasteiger partial charge in [-0.1, -0.05) is 38.4 Å². The van der Waals surface area contributed by atoms with Crippen LogP contribution in [0.25, 0.3) is 5.69 Å². The van der Waals surface area contributed by atoms with E-state index in [1.165, 1.54) is 0 Å². The SMILES string of the molecule is CC1CN(C(=O)CCCC(=O)Nc2cc(C(C)(C)C)nn2-c2cccc(Cl)c2)CC(C)O1. The standard InChI is InChI=1S/C24H33ClN4O3/c1-16-14-28(15-17(2)32-16)23(31)11-7-10-22(30)26-21-13-20(24(3,4)5)27-29(21)19-9-6-8-18(25)12-19/h6,8-9,12-13,16-17H,7,10-11,14-15H2,1-5H3,(H,26,30). The van der Waals surface area contributed by atoms with Gasteiger partial charge in [0.25, 0.3) is 0 Å². The molecule has 1 aromatic carbocycles. The van der Waals surface area contributed by atoms with Crippen LogP contribution in [-0.2, 0) is 19.7 Å². The van der Waals surface area contributed by atoms with E-state index < -0.39 is 0 Å². The van der Waals surface area contributed by atoms with Crippen molar-refractivity contribution in [3.8, 4) is 5.69 Å². The van der Waals surface area contributed by atoms with Crippen molar-refractivity contribution in [3.63, 3.8) is 0 Å². The minimum Gasteiger partial charge on any atom is -0.372 e. The highest BCUT2D eigenvalue weighted by molar-refractivity contribution is 6.30. The molecule has 1 aromatic heterocycles. The fourth-order valence-corrected chi connectivity index (χ4v) is 3.97. The molecule has 1 N–H and O–H groups in total. The van der Waals surface area contributed by atoms with Crippen molar-refractivity contribution in [2.75, 3.05) is 18.4 Å². The molecule has 1 aliphatic heterocycles. The van der Waals surface area contributed by atoms with Gasteiger partial charge in [-0.25, -0.2) is 4.68 Å². The van der Waals surface area contributed by atoms with Crippen LogP contribution < -0.4 is 5.32 Å². The molecule has 2 amide bonds. The molecular formula is C24H33ClN4O3. The molecule has 2 aromatic rings. The van der Waals surface area contributed by atoms with Gasteiger partial charge in [0.15, 0.2) is 0 Å². The maximum Gasteiger partial charge on any atom is 0.225 e. The molecule has 0 saturated carbocycles. The molecular weight excluding hydrogens is 428 g/mol. The summed E-state index contributed by atoms with van der Waals surface area (Å²) in [6.45, 7) is 11.4. The van der Waals surface area contributed by atoms with Crippen LogP contribution in [0.5, 0.6) is 0 Å². The molecule has 1 aliphatic rings. The molecule has 8 heteroatoms. The van der Waals surface area contributed by atoms with Crippen LogP contribution >= 0.6 is 11.6 Å². The van der Waals surface area contributed by atoms with Gasteiger partial charge in [-0.3, -0.25) is 9.59 Å². The van der Waals surface area contributed by atoms with Gasteiger partial charge in [-0.05, 0) is 38.5 Å². The molecule has 0 spiro atoms. The number of anilines is 1. The first-order valence-electron chi connectivity index (χ1n) is 11.1. The Morgan fingerprint density at radius 2 is 1.84 bits per heavy atom. The van der Waals surface area contributed by atoms with Crippen LogP contribution in [0.2, 0.25) is 5.02 Å². The zero-order chi connectivity index (χ0) is 23.5. The van der Waals surface area contributed by atoms with E-state index in [0.717, 1.165) is 11.4 Å². The molecule has 1 saturated heterocycles. The Hall–Kier alpha value is -2.38. The number of ether oxygens (including phenoxy) is 1. The lowest BCUT2D eigenvalue weighted by molar-refractivity contribution is -0.143. The van der Waals surface area contributed by atoms with Crippen molar-refractivity contribution in [2.45, 2.75) is 71.5 Å². The summed E-state index contributed by atoms with van der Waals surface area (Å²) in [6, 6.07) is 9.23. The summed E-state index contributed by atoms with van der Waals surface area (Å²) < 4.78 is 7.38. The zero-order valence-electron chi connectivity index (χ0n) is 19.5. The molecule has 0 aliphatic carbocycles. The van der Waals surface area contributed by atoms with Crippen molar-refractivity contribution in [1.29, 1.82) is 0 Å². The Morgan fingerprint density at radius 3 is 2.47 bits per heavy atom. The normalized spacial score (nSPS) is 19.1. The van der Waals surface area contributed by atoms with Crippen LogP contribution in [0.15, 0.2) is 30.3 Å². The van der Waals surface area contributed by atoms with Crippen molar-refractivity contribution < 1.29 is 14.3 Å². The Labute approximate surface area is 195 Å². The third-order valence-electron chi connectivity index (χ3n) is 5.36. The first-order chi connectivity index (χ1) is 15.0. The second kappa shape index (κ2) is 10.0. The molecule has 2 atom stereocenters. The topological polar surface area (TPSA) is 76.5 Å². The van der Waals surface area contributed by atoms with E-state index in [-0.39, 0.29) is 35.9 Å². The Morgan fingerprint density at radius 1 is 1.16 bits per heavy atom. The molecule has 3 rings (SSSR count). The predicted octanol–water partition coefficient (Wildman–Crippen LogP) is 4.57. The molecule has 32 heavy (non-hydrogen) atoms. The number of morpholine rings is 1. The maximum absolute atomic E-state index is 12.7. The number of hydrogen-bond acceptors (Lipinski definition) is 4. The molecule has 1 fully saturated rings. The van der Waals surface area contributed by atoms with Crippen LogP contribution in [0.1, 0.15) is 59.6 Å². The molecule has 2 unspecified atom stereocenters. The second-order valence-corrected chi connectivity index (χ2v) is 9.95. The second-order valence-electron chi connectivity index (χ2n) is 9.51. The lowest BCUT2D eigenvalue weighted by Gasteiger charge is -2.35. The molecule has 7 nitrogen and oxygen atoms in total. The molecule has 2 heterocycles. The lowest BCUT2D eigenvalue weighted by atomic mass is 9.92. The van der Waals surface area contributed by atoms with Crippen molar-refractivity contribution in [3.05, 3.63) is 41.0 Å². The Bertz CT molecular complexity index is 956. The zero-order valence-corrected chi connectivity index (χ0v) is 20.3. The quantitative estimate of drug-likeness (QED) is 0.685. The van der Waals surface area contributed by atoms with Crippen molar-refractivity contribution in [1.82, 2.24) is 14.7 Å². The lowest BCUT2D eigenvalue weighted by Crippen LogP contribution is -2.48. The number of hydrogen-bond donors (Lipinski definition) is 1. The van der Waals surface area contributed by atoms with Crippen LogP contribution in [0, 0.1) is 0 Å². The number of halogens is 1. The first-order valence-corrected chi connectivity index (χ1v) is 11.5. The fraction of sp³-hybridized carbons (Fsp3) is 0.542.